The van der Waals surface area contributed by atoms with Gasteiger partial charge < -0.3 is 9.30 Å². The number of ether oxygens (including phenoxy) is 1. The third-order valence-electron chi connectivity index (χ3n) is 7.98. The van der Waals surface area contributed by atoms with Crippen LogP contribution in [0.5, 0.6) is 5.75 Å². The molecule has 1 atom stereocenters. The Morgan fingerprint density at radius 3 is 2.69 bits per heavy atom. The second-order valence-electron chi connectivity index (χ2n) is 10.5. The second-order valence-corrected chi connectivity index (χ2v) is 10.9. The number of hydrogen-bond acceptors (Lipinski definition) is 3. The van der Waals surface area contributed by atoms with E-state index in [1.54, 1.807) is 12.1 Å². The first-order valence-corrected chi connectivity index (χ1v) is 13.1. The van der Waals surface area contributed by atoms with Gasteiger partial charge in [-0.05, 0) is 68.5 Å². The van der Waals surface area contributed by atoms with Crippen LogP contribution in [-0.4, -0.2) is 34.2 Å². The van der Waals surface area contributed by atoms with E-state index in [4.69, 9.17) is 16.3 Å². The Morgan fingerprint density at radius 2 is 1.94 bits per heavy atom. The normalized spacial score (nSPS) is 21.2. The monoisotopic (exact) mass is 509 g/mol. The van der Waals surface area contributed by atoms with Gasteiger partial charge in [0.2, 0.25) is 0 Å². The van der Waals surface area contributed by atoms with Gasteiger partial charge in [-0.1, -0.05) is 41.9 Å². The Labute approximate surface area is 215 Å². The Morgan fingerprint density at radius 1 is 1.11 bits per heavy atom. The van der Waals surface area contributed by atoms with Crippen molar-refractivity contribution >= 4 is 17.7 Å². The maximum absolute atomic E-state index is 14.6. The summed E-state index contributed by atoms with van der Waals surface area (Å²) < 4.78 is 36.5. The molecule has 1 aromatic heterocycles. The van der Waals surface area contributed by atoms with Crippen LogP contribution in [0.15, 0.2) is 54.9 Å². The molecule has 0 amide bonds. The highest BCUT2D eigenvalue weighted by Crippen LogP contribution is 2.47. The molecule has 0 radical (unpaired) electrons. The molecule has 3 aliphatic rings. The third-order valence-corrected chi connectivity index (χ3v) is 8.22. The summed E-state index contributed by atoms with van der Waals surface area (Å²) in [6.45, 7) is 3.18. The molecule has 3 aromatic rings. The van der Waals surface area contributed by atoms with Crippen molar-refractivity contribution in [2.75, 3.05) is 19.8 Å². The lowest BCUT2D eigenvalue weighted by Crippen LogP contribution is -2.34. The fourth-order valence-corrected chi connectivity index (χ4v) is 5.69. The fraction of sp³-hybridized carbons (Fsp3) is 0.414. The van der Waals surface area contributed by atoms with Crippen LogP contribution < -0.4 is 4.74 Å². The van der Waals surface area contributed by atoms with Gasteiger partial charge in [-0.3, -0.25) is 9.29 Å². The topological polar surface area (TPSA) is 30.3 Å². The van der Waals surface area contributed by atoms with Gasteiger partial charge in [0.15, 0.2) is 0 Å². The van der Waals surface area contributed by atoms with Gasteiger partial charge >= 0.3 is 0 Å². The summed E-state index contributed by atoms with van der Waals surface area (Å²) in [5.41, 5.74) is 2.55. The summed E-state index contributed by atoms with van der Waals surface area (Å²) in [7, 11) is 0. The van der Waals surface area contributed by atoms with Crippen molar-refractivity contribution in [2.45, 2.75) is 50.8 Å². The summed E-state index contributed by atoms with van der Waals surface area (Å²) in [6.07, 6.45) is 11.2. The van der Waals surface area contributed by atoms with E-state index < -0.39 is 6.10 Å². The van der Waals surface area contributed by atoms with Crippen molar-refractivity contribution < 1.29 is 13.5 Å². The summed E-state index contributed by atoms with van der Waals surface area (Å²) in [5.74, 6) is 1.89. The number of fused-ring (bicyclic) bond motifs is 1. The van der Waals surface area contributed by atoms with Crippen LogP contribution in [0.2, 0.25) is 5.02 Å². The molecular formula is C29H30ClF2N3O. The smallest absolute Gasteiger partial charge is 0.145 e. The number of imidazole rings is 1. The van der Waals surface area contributed by atoms with E-state index in [9.17, 15) is 8.78 Å². The van der Waals surface area contributed by atoms with Crippen molar-refractivity contribution in [1.82, 2.24) is 14.5 Å². The second kappa shape index (κ2) is 9.64. The van der Waals surface area contributed by atoms with Gasteiger partial charge in [0.25, 0.3) is 0 Å². The minimum atomic E-state index is -0.478. The number of alkyl halides is 1. The van der Waals surface area contributed by atoms with E-state index >= 15 is 0 Å². The number of likely N-dealkylation sites (tertiary alicyclic amines) is 1. The van der Waals surface area contributed by atoms with Crippen molar-refractivity contribution in [3.63, 3.8) is 0 Å². The molecule has 1 saturated heterocycles. The van der Waals surface area contributed by atoms with Gasteiger partial charge in [-0.2, -0.15) is 0 Å². The van der Waals surface area contributed by atoms with Gasteiger partial charge in [0.05, 0.1) is 13.2 Å². The van der Waals surface area contributed by atoms with Gasteiger partial charge in [0.1, 0.15) is 23.5 Å². The Hall–Kier alpha value is -2.70. The zero-order valence-corrected chi connectivity index (χ0v) is 20.9. The largest absolute Gasteiger partial charge is 0.481 e. The van der Waals surface area contributed by atoms with Crippen LogP contribution in [0, 0.1) is 11.2 Å². The number of piperidine rings is 1. The molecule has 2 aliphatic heterocycles. The van der Waals surface area contributed by atoms with E-state index in [0.29, 0.717) is 16.5 Å². The molecule has 1 aliphatic carbocycles. The first kappa shape index (κ1) is 23.7. The molecule has 6 rings (SSSR count). The quantitative estimate of drug-likeness (QED) is 0.345. The maximum atomic E-state index is 14.6. The predicted molar refractivity (Wildman–Crippen MR) is 137 cm³/mol. The Bertz CT molecular complexity index is 1280. The number of nitrogens with zero attached hydrogens (tertiary/aromatic N) is 3. The average molecular weight is 510 g/mol. The van der Waals surface area contributed by atoms with Crippen LogP contribution in [-0.2, 0) is 13.1 Å². The molecule has 4 nitrogen and oxygen atoms in total. The molecule has 3 heterocycles. The number of benzene rings is 2. The zero-order chi connectivity index (χ0) is 24.7. The molecule has 1 unspecified atom stereocenters. The average Bonchev–Trinajstić information content (AvgIpc) is 3.55. The highest BCUT2D eigenvalue weighted by atomic mass is 35.5. The summed E-state index contributed by atoms with van der Waals surface area (Å²) in [5, 5.41) is 0.376. The lowest BCUT2D eigenvalue weighted by molar-refractivity contribution is 0.190. The van der Waals surface area contributed by atoms with Crippen LogP contribution in [0.4, 0.5) is 8.78 Å². The number of hydrogen-bond donors (Lipinski definition) is 0. The summed E-state index contributed by atoms with van der Waals surface area (Å²) in [4.78, 5) is 7.01. The number of aromatic nitrogens is 2. The summed E-state index contributed by atoms with van der Waals surface area (Å²) >= 11 is 5.94. The molecule has 0 N–H and O–H groups in total. The van der Waals surface area contributed by atoms with Gasteiger partial charge in [-0.15, -0.1) is 0 Å². The number of halogens is 3. The van der Waals surface area contributed by atoms with Crippen LogP contribution in [0.3, 0.4) is 0 Å². The highest BCUT2D eigenvalue weighted by molar-refractivity contribution is 6.30. The highest BCUT2D eigenvalue weighted by Gasteiger charge is 2.43. The van der Waals surface area contributed by atoms with E-state index in [1.165, 1.54) is 11.6 Å². The van der Waals surface area contributed by atoms with Crippen LogP contribution in [0.25, 0.3) is 6.08 Å². The van der Waals surface area contributed by atoms with Crippen LogP contribution in [0.1, 0.15) is 60.2 Å². The first-order valence-electron chi connectivity index (χ1n) is 12.7. The van der Waals surface area contributed by atoms with Crippen molar-refractivity contribution in [1.29, 1.82) is 0 Å². The van der Waals surface area contributed by atoms with Crippen LogP contribution >= 0.6 is 11.6 Å². The van der Waals surface area contributed by atoms with Crippen molar-refractivity contribution in [3.8, 4) is 5.75 Å². The van der Waals surface area contributed by atoms with Gasteiger partial charge in [0, 0.05) is 40.5 Å². The van der Waals surface area contributed by atoms with Crippen molar-refractivity contribution in [3.05, 3.63) is 88.2 Å². The fourth-order valence-electron chi connectivity index (χ4n) is 5.53. The molecule has 7 heteroatoms. The minimum absolute atomic E-state index is 0.157. The first-order chi connectivity index (χ1) is 17.5. The van der Waals surface area contributed by atoms with E-state index in [0.717, 1.165) is 69.0 Å². The van der Waals surface area contributed by atoms with Crippen molar-refractivity contribution in [2.24, 2.45) is 5.41 Å². The molecule has 0 bridgehead atoms. The zero-order valence-electron chi connectivity index (χ0n) is 20.2. The molecular weight excluding hydrogens is 480 g/mol. The number of para-hydroxylation sites is 1. The Kier molecular flexibility index (Phi) is 6.34. The van der Waals surface area contributed by atoms with E-state index in [-0.39, 0.29) is 17.9 Å². The minimum Gasteiger partial charge on any atom is -0.481 e. The Balaban J connectivity index is 1.13. The SMILES string of the molecule is FCC1(Cn2ccnc2CN2CCC(c3cccc4c3OC(c3ccc(Cl)cc3F)C=C4)CC2)CC1. The molecule has 1 saturated carbocycles. The maximum Gasteiger partial charge on any atom is 0.145 e. The molecule has 36 heavy (non-hydrogen) atoms. The number of rotatable bonds is 7. The lowest BCUT2D eigenvalue weighted by atomic mass is 9.87. The summed E-state index contributed by atoms with van der Waals surface area (Å²) in [6, 6.07) is 11.0. The molecule has 2 aromatic carbocycles. The molecule has 2 fully saturated rings. The van der Waals surface area contributed by atoms with Gasteiger partial charge in [-0.25, -0.2) is 9.37 Å². The standard InChI is InChI=1S/C29H30ClF2N3O/c30-22-5-6-24(25(32)16-22)26-7-4-21-2-1-3-23(28(21)36-26)20-8-13-34(14-9-20)17-27-33-12-15-35(27)19-29(18-31)10-11-29/h1-7,12,15-16,20,26H,8-11,13-14,17-19H2. The molecule has 188 valence electrons. The van der Waals surface area contributed by atoms with E-state index in [1.807, 2.05) is 30.6 Å². The predicted octanol–water partition coefficient (Wildman–Crippen LogP) is 6.95. The lowest BCUT2D eigenvalue weighted by Gasteiger charge is -2.34. The van der Waals surface area contributed by atoms with E-state index in [2.05, 4.69) is 26.6 Å². The third kappa shape index (κ3) is 4.69. The molecule has 0 spiro atoms.